The molecule has 1 aliphatic heterocycles. The fourth-order valence-corrected chi connectivity index (χ4v) is 5.71. The van der Waals surface area contributed by atoms with Crippen molar-refractivity contribution >= 4 is 39.1 Å². The van der Waals surface area contributed by atoms with Crippen LogP contribution in [0, 0.1) is 0 Å². The number of sulfonamides is 1. The van der Waals surface area contributed by atoms with Crippen LogP contribution in [0.2, 0.25) is 5.02 Å². The second kappa shape index (κ2) is 12.5. The summed E-state index contributed by atoms with van der Waals surface area (Å²) in [5, 5.41) is 3.18. The van der Waals surface area contributed by atoms with Crippen molar-refractivity contribution in [2.45, 2.75) is 11.3 Å². The Morgan fingerprint density at radius 1 is 0.895 bits per heavy atom. The first-order valence-electron chi connectivity index (χ1n) is 12.4. The number of halogens is 1. The molecule has 0 aliphatic carbocycles. The van der Waals surface area contributed by atoms with Gasteiger partial charge in [0.2, 0.25) is 15.9 Å². The largest absolute Gasteiger partial charge is 0.336 e. The third-order valence-corrected chi connectivity index (χ3v) is 8.58. The van der Waals surface area contributed by atoms with Gasteiger partial charge >= 0.3 is 0 Å². The van der Waals surface area contributed by atoms with Crippen molar-refractivity contribution in [3.8, 4) is 0 Å². The van der Waals surface area contributed by atoms with E-state index in [1.165, 1.54) is 28.6 Å². The Labute approximate surface area is 228 Å². The Morgan fingerprint density at radius 2 is 1.53 bits per heavy atom. The zero-order chi connectivity index (χ0) is 27.1. The molecule has 3 aromatic rings. The number of benzene rings is 3. The minimum Gasteiger partial charge on any atom is -0.336 e. The Hall–Kier alpha value is -3.24. The molecule has 1 N–H and O–H groups in total. The molecule has 38 heavy (non-hydrogen) atoms. The molecule has 10 heteroatoms. The number of nitrogens with one attached hydrogen (secondary N) is 1. The van der Waals surface area contributed by atoms with E-state index in [9.17, 15) is 18.0 Å². The average molecular weight is 555 g/mol. The number of rotatable bonds is 9. The van der Waals surface area contributed by atoms with Crippen molar-refractivity contribution in [3.63, 3.8) is 0 Å². The van der Waals surface area contributed by atoms with Gasteiger partial charge in [0.15, 0.2) is 0 Å². The lowest BCUT2D eigenvalue weighted by Gasteiger charge is -2.32. The van der Waals surface area contributed by atoms with Gasteiger partial charge in [-0.1, -0.05) is 41.9 Å². The van der Waals surface area contributed by atoms with Gasteiger partial charge in [-0.05, 0) is 67.6 Å². The number of anilines is 1. The molecule has 3 aromatic carbocycles. The lowest BCUT2D eigenvalue weighted by molar-refractivity contribution is -0.116. The van der Waals surface area contributed by atoms with E-state index in [1.807, 2.05) is 42.3 Å². The zero-order valence-electron chi connectivity index (χ0n) is 21.2. The van der Waals surface area contributed by atoms with Crippen molar-refractivity contribution in [2.24, 2.45) is 0 Å². The van der Waals surface area contributed by atoms with Gasteiger partial charge in [0.05, 0.1) is 11.4 Å². The zero-order valence-corrected chi connectivity index (χ0v) is 22.8. The minimum atomic E-state index is -3.95. The van der Waals surface area contributed by atoms with Gasteiger partial charge in [0, 0.05) is 49.0 Å². The molecule has 200 valence electrons. The van der Waals surface area contributed by atoms with Crippen LogP contribution in [-0.4, -0.2) is 80.7 Å². The highest BCUT2D eigenvalue weighted by atomic mass is 35.5. The predicted molar refractivity (Wildman–Crippen MR) is 149 cm³/mol. The second-order valence-electron chi connectivity index (χ2n) is 9.25. The Kier molecular flexibility index (Phi) is 9.17. The molecule has 0 atom stereocenters. The van der Waals surface area contributed by atoms with Crippen LogP contribution in [0.5, 0.6) is 0 Å². The van der Waals surface area contributed by atoms with Crippen LogP contribution >= 0.6 is 11.6 Å². The maximum Gasteiger partial charge on any atom is 0.253 e. The fraction of sp³-hybridized carbons (Fsp3) is 0.286. The molecule has 1 fully saturated rings. The average Bonchev–Trinajstić information content (AvgIpc) is 2.92. The normalized spacial score (nSPS) is 14.4. The molecule has 1 aliphatic rings. The van der Waals surface area contributed by atoms with Crippen molar-refractivity contribution in [2.75, 3.05) is 51.6 Å². The number of nitrogens with zero attached hydrogens (tertiary/aromatic N) is 3. The topological polar surface area (TPSA) is 90.0 Å². The molecule has 0 aromatic heterocycles. The number of piperazine rings is 1. The summed E-state index contributed by atoms with van der Waals surface area (Å²) in [4.78, 5) is 29.8. The van der Waals surface area contributed by atoms with Crippen LogP contribution in [0.15, 0.2) is 83.8 Å². The summed E-state index contributed by atoms with van der Waals surface area (Å²) in [6, 6.07) is 22.0. The van der Waals surface area contributed by atoms with Gasteiger partial charge in [-0.15, -0.1) is 0 Å². The summed E-state index contributed by atoms with van der Waals surface area (Å²) in [5.41, 5.74) is 1.99. The van der Waals surface area contributed by atoms with Crippen LogP contribution in [0.3, 0.4) is 0 Å². The van der Waals surface area contributed by atoms with Crippen LogP contribution in [-0.2, 0) is 21.2 Å². The van der Waals surface area contributed by atoms with E-state index in [1.54, 1.807) is 24.3 Å². The number of hydrogen-bond donors (Lipinski definition) is 1. The van der Waals surface area contributed by atoms with Gasteiger partial charge in [-0.2, -0.15) is 4.31 Å². The van der Waals surface area contributed by atoms with E-state index in [4.69, 9.17) is 11.6 Å². The molecule has 0 unspecified atom stereocenters. The molecule has 0 bridgehead atoms. The van der Waals surface area contributed by atoms with Gasteiger partial charge < -0.3 is 15.1 Å². The number of carbonyl (C=O) groups excluding carboxylic acids is 2. The van der Waals surface area contributed by atoms with Crippen LogP contribution in [0.1, 0.15) is 15.9 Å². The van der Waals surface area contributed by atoms with Gasteiger partial charge in [-0.3, -0.25) is 9.59 Å². The first-order chi connectivity index (χ1) is 18.2. The Balaban J connectivity index is 1.44. The Morgan fingerprint density at radius 3 is 2.16 bits per heavy atom. The highest BCUT2D eigenvalue weighted by molar-refractivity contribution is 7.89. The van der Waals surface area contributed by atoms with E-state index in [0.29, 0.717) is 35.8 Å². The molecular formula is C28H31ClN4O4S. The van der Waals surface area contributed by atoms with Crippen molar-refractivity contribution < 1.29 is 18.0 Å². The first kappa shape index (κ1) is 27.8. The first-order valence-corrected chi connectivity index (χ1v) is 14.2. The lowest BCUT2D eigenvalue weighted by Crippen LogP contribution is -2.47. The quantitative estimate of drug-likeness (QED) is 0.436. The lowest BCUT2D eigenvalue weighted by atomic mass is 10.1. The van der Waals surface area contributed by atoms with Gasteiger partial charge in [-0.25, -0.2) is 8.42 Å². The van der Waals surface area contributed by atoms with Gasteiger partial charge in [0.25, 0.3) is 5.91 Å². The molecule has 0 saturated carbocycles. The smallest absolute Gasteiger partial charge is 0.253 e. The summed E-state index contributed by atoms with van der Waals surface area (Å²) in [6.45, 7) is 2.78. The van der Waals surface area contributed by atoms with Crippen molar-refractivity contribution in [3.05, 3.63) is 95.0 Å². The molecule has 1 saturated heterocycles. The fourth-order valence-electron chi connectivity index (χ4n) is 4.19. The SMILES string of the molecule is CN1CCN(C(=O)c2ccc(NC(=O)CN(CCc3ccccc3)S(=O)(=O)c3ccc(Cl)cc3)cc2)CC1. The number of likely N-dealkylation sites (N-methyl/N-ethyl adjacent to an activating group) is 1. The van der Waals surface area contributed by atoms with Crippen LogP contribution < -0.4 is 5.32 Å². The maximum atomic E-state index is 13.4. The highest BCUT2D eigenvalue weighted by Gasteiger charge is 2.27. The van der Waals surface area contributed by atoms with Crippen LogP contribution in [0.4, 0.5) is 5.69 Å². The monoisotopic (exact) mass is 554 g/mol. The summed E-state index contributed by atoms with van der Waals surface area (Å²) in [6.07, 6.45) is 0.448. The van der Waals surface area contributed by atoms with E-state index in [0.717, 1.165) is 18.7 Å². The minimum absolute atomic E-state index is 0.0443. The molecule has 0 spiro atoms. The van der Waals surface area contributed by atoms with E-state index < -0.39 is 15.9 Å². The number of amides is 2. The summed E-state index contributed by atoms with van der Waals surface area (Å²) >= 11 is 5.94. The summed E-state index contributed by atoms with van der Waals surface area (Å²) in [5.74, 6) is -0.522. The molecular weight excluding hydrogens is 524 g/mol. The molecule has 2 amide bonds. The maximum absolute atomic E-state index is 13.4. The third kappa shape index (κ3) is 7.20. The van der Waals surface area contributed by atoms with E-state index in [2.05, 4.69) is 10.2 Å². The van der Waals surface area contributed by atoms with Crippen LogP contribution in [0.25, 0.3) is 0 Å². The van der Waals surface area contributed by atoms with E-state index in [-0.39, 0.29) is 23.9 Å². The second-order valence-corrected chi connectivity index (χ2v) is 11.6. The summed E-state index contributed by atoms with van der Waals surface area (Å²) < 4.78 is 28.0. The molecule has 0 radical (unpaired) electrons. The molecule has 4 rings (SSSR count). The van der Waals surface area contributed by atoms with Crippen molar-refractivity contribution in [1.82, 2.24) is 14.1 Å². The standard InChI is InChI=1S/C28H31ClN4O4S/c1-31-17-19-32(20-18-31)28(35)23-7-11-25(12-8-23)30-27(34)21-33(16-15-22-5-3-2-4-6-22)38(36,37)26-13-9-24(29)10-14-26/h2-14H,15-21H2,1H3,(H,30,34). The number of carbonyl (C=O) groups is 2. The predicted octanol–water partition coefficient (Wildman–Crippen LogP) is 3.60. The highest BCUT2D eigenvalue weighted by Crippen LogP contribution is 2.20. The third-order valence-electron chi connectivity index (χ3n) is 6.47. The number of hydrogen-bond acceptors (Lipinski definition) is 5. The Bertz CT molecular complexity index is 1340. The van der Waals surface area contributed by atoms with Crippen molar-refractivity contribution in [1.29, 1.82) is 0 Å². The summed E-state index contributed by atoms with van der Waals surface area (Å²) in [7, 11) is -1.92. The molecule has 8 nitrogen and oxygen atoms in total. The van der Waals surface area contributed by atoms with Gasteiger partial charge in [0.1, 0.15) is 0 Å². The molecule has 1 heterocycles. The van der Waals surface area contributed by atoms with E-state index >= 15 is 0 Å².